The van der Waals surface area contributed by atoms with Crippen LogP contribution in [0.2, 0.25) is 0 Å². The second kappa shape index (κ2) is 2.33. The lowest BCUT2D eigenvalue weighted by Crippen LogP contribution is -2.46. The topological polar surface area (TPSA) is 17.1 Å². The second-order valence-corrected chi connectivity index (χ2v) is 4.34. The molecule has 0 unspecified atom stereocenters. The number of hydrogen-bond donors (Lipinski definition) is 0. The molecule has 0 N–H and O–H groups in total. The molecule has 2 aliphatic rings. The third kappa shape index (κ3) is 0.935. The van der Waals surface area contributed by atoms with Crippen molar-refractivity contribution in [2.24, 2.45) is 11.3 Å². The monoisotopic (exact) mass is 152 g/mol. The van der Waals surface area contributed by atoms with Crippen LogP contribution < -0.4 is 0 Å². The summed E-state index contributed by atoms with van der Waals surface area (Å²) in [7, 11) is 0. The second-order valence-electron chi connectivity index (χ2n) is 4.34. The van der Waals surface area contributed by atoms with E-state index in [9.17, 15) is 4.79 Å². The van der Waals surface area contributed by atoms with Crippen LogP contribution in [0, 0.1) is 11.3 Å². The normalized spacial score (nSPS) is 44.1. The summed E-state index contributed by atoms with van der Waals surface area (Å²) < 4.78 is 0. The molecule has 0 aromatic carbocycles. The minimum atomic E-state index is 0.122. The summed E-state index contributed by atoms with van der Waals surface area (Å²) in [4.78, 5) is 11.3. The van der Waals surface area contributed by atoms with Gasteiger partial charge in [-0.1, -0.05) is 26.2 Å². The lowest BCUT2D eigenvalue weighted by atomic mass is 9.58. The Morgan fingerprint density at radius 2 is 2.18 bits per heavy atom. The quantitative estimate of drug-likeness (QED) is 0.521. The zero-order valence-electron chi connectivity index (χ0n) is 7.23. The third-order valence-corrected chi connectivity index (χ3v) is 3.72. The van der Waals surface area contributed by atoms with Crippen molar-refractivity contribution in [3.05, 3.63) is 0 Å². The molecule has 0 aromatic heterocycles. The van der Waals surface area contributed by atoms with E-state index in [2.05, 4.69) is 6.92 Å². The third-order valence-electron chi connectivity index (χ3n) is 3.72. The van der Waals surface area contributed by atoms with E-state index in [0.29, 0.717) is 5.78 Å². The van der Waals surface area contributed by atoms with E-state index in [1.807, 2.05) is 0 Å². The van der Waals surface area contributed by atoms with Gasteiger partial charge in [-0.3, -0.25) is 4.79 Å². The van der Waals surface area contributed by atoms with Gasteiger partial charge in [0.1, 0.15) is 5.78 Å². The first-order valence-corrected chi connectivity index (χ1v) is 4.77. The number of ketones is 1. The van der Waals surface area contributed by atoms with E-state index in [-0.39, 0.29) is 5.41 Å². The fourth-order valence-corrected chi connectivity index (χ4v) is 2.60. The van der Waals surface area contributed by atoms with Crippen LogP contribution in [-0.4, -0.2) is 5.78 Å². The molecule has 1 heteroatoms. The number of rotatable bonds is 0. The lowest BCUT2D eigenvalue weighted by Gasteiger charge is -2.44. The molecule has 62 valence electrons. The average molecular weight is 152 g/mol. The summed E-state index contributed by atoms with van der Waals surface area (Å²) in [5.41, 5.74) is 0.122. The Kier molecular flexibility index (Phi) is 1.55. The largest absolute Gasteiger partial charge is 0.299 e. The number of carbonyl (C=O) groups is 1. The van der Waals surface area contributed by atoms with Crippen LogP contribution in [0.5, 0.6) is 0 Å². The maximum atomic E-state index is 11.3. The van der Waals surface area contributed by atoms with Crippen molar-refractivity contribution in [3.8, 4) is 0 Å². The standard InChI is InChI=1S/C10H16O/c1-10-6-4-2-3-5-8(10)7-9(10)11/h8H,2-7H2,1H3/t8-,10-/m1/s1. The molecule has 0 bridgehead atoms. The van der Waals surface area contributed by atoms with Gasteiger partial charge in [0, 0.05) is 11.8 Å². The maximum Gasteiger partial charge on any atom is 0.139 e. The van der Waals surface area contributed by atoms with Crippen molar-refractivity contribution in [1.82, 2.24) is 0 Å². The molecule has 11 heavy (non-hydrogen) atoms. The molecule has 0 radical (unpaired) electrons. The van der Waals surface area contributed by atoms with Crippen molar-refractivity contribution in [2.75, 3.05) is 0 Å². The van der Waals surface area contributed by atoms with Crippen molar-refractivity contribution < 1.29 is 4.79 Å². The van der Waals surface area contributed by atoms with Gasteiger partial charge in [0.2, 0.25) is 0 Å². The molecule has 0 aliphatic heterocycles. The van der Waals surface area contributed by atoms with Gasteiger partial charge in [-0.2, -0.15) is 0 Å². The zero-order chi connectivity index (χ0) is 7.90. The van der Waals surface area contributed by atoms with Gasteiger partial charge in [0.25, 0.3) is 0 Å². The number of carbonyl (C=O) groups excluding carboxylic acids is 1. The molecule has 2 aliphatic carbocycles. The molecular weight excluding hydrogens is 136 g/mol. The number of fused-ring (bicyclic) bond motifs is 1. The summed E-state index contributed by atoms with van der Waals surface area (Å²) in [5.74, 6) is 1.28. The van der Waals surface area contributed by atoms with E-state index in [4.69, 9.17) is 0 Å². The first-order valence-electron chi connectivity index (χ1n) is 4.77. The average Bonchev–Trinajstić information content (AvgIpc) is 2.13. The first-order chi connectivity index (χ1) is 5.23. The lowest BCUT2D eigenvalue weighted by molar-refractivity contribution is -0.144. The van der Waals surface area contributed by atoms with Gasteiger partial charge in [-0.05, 0) is 18.8 Å². The molecule has 2 atom stereocenters. The predicted octanol–water partition coefficient (Wildman–Crippen LogP) is 2.55. The minimum absolute atomic E-state index is 0.122. The fraction of sp³-hybridized carbons (Fsp3) is 0.900. The molecular formula is C10H16O. The summed E-state index contributed by atoms with van der Waals surface area (Å²) in [5, 5.41) is 0. The highest BCUT2D eigenvalue weighted by atomic mass is 16.1. The SMILES string of the molecule is C[C@@]12CCCCC[C@@H]1CC2=O. The molecule has 0 amide bonds. The molecule has 0 heterocycles. The Labute approximate surface area is 68.2 Å². The molecule has 2 saturated carbocycles. The Balaban J connectivity index is 2.13. The van der Waals surface area contributed by atoms with Crippen LogP contribution in [0.15, 0.2) is 0 Å². The Morgan fingerprint density at radius 3 is 2.91 bits per heavy atom. The Hall–Kier alpha value is -0.330. The van der Waals surface area contributed by atoms with E-state index in [1.165, 1.54) is 25.7 Å². The molecule has 0 saturated heterocycles. The molecule has 0 aromatic rings. The number of Topliss-reactive ketones (excluding diaryl/α,β-unsaturated/α-hetero) is 1. The summed E-state index contributed by atoms with van der Waals surface area (Å²) in [6.45, 7) is 2.18. The van der Waals surface area contributed by atoms with Crippen LogP contribution in [-0.2, 0) is 4.79 Å². The van der Waals surface area contributed by atoms with E-state index < -0.39 is 0 Å². The van der Waals surface area contributed by atoms with E-state index in [1.54, 1.807) is 0 Å². The van der Waals surface area contributed by atoms with Gasteiger partial charge < -0.3 is 0 Å². The van der Waals surface area contributed by atoms with Crippen molar-refractivity contribution in [3.63, 3.8) is 0 Å². The van der Waals surface area contributed by atoms with Crippen LogP contribution in [0.4, 0.5) is 0 Å². The van der Waals surface area contributed by atoms with E-state index in [0.717, 1.165) is 18.8 Å². The first kappa shape index (κ1) is 7.33. The predicted molar refractivity (Wildman–Crippen MR) is 44.3 cm³/mol. The Morgan fingerprint density at radius 1 is 1.36 bits per heavy atom. The van der Waals surface area contributed by atoms with Crippen molar-refractivity contribution >= 4 is 5.78 Å². The van der Waals surface area contributed by atoms with Crippen LogP contribution >= 0.6 is 0 Å². The highest BCUT2D eigenvalue weighted by molar-refractivity contribution is 5.91. The van der Waals surface area contributed by atoms with Gasteiger partial charge >= 0.3 is 0 Å². The summed E-state index contributed by atoms with van der Waals surface area (Å²) in [6, 6.07) is 0. The zero-order valence-corrected chi connectivity index (χ0v) is 7.23. The van der Waals surface area contributed by atoms with Gasteiger partial charge in [-0.25, -0.2) is 0 Å². The summed E-state index contributed by atoms with van der Waals surface area (Å²) in [6.07, 6.45) is 7.33. The van der Waals surface area contributed by atoms with Crippen molar-refractivity contribution in [1.29, 1.82) is 0 Å². The molecule has 1 nitrogen and oxygen atoms in total. The van der Waals surface area contributed by atoms with Gasteiger partial charge in [0.05, 0.1) is 0 Å². The molecule has 2 rings (SSSR count). The highest BCUT2D eigenvalue weighted by Gasteiger charge is 2.50. The highest BCUT2D eigenvalue weighted by Crippen LogP contribution is 2.50. The van der Waals surface area contributed by atoms with Crippen molar-refractivity contribution in [2.45, 2.75) is 45.4 Å². The van der Waals surface area contributed by atoms with Crippen LogP contribution in [0.3, 0.4) is 0 Å². The van der Waals surface area contributed by atoms with Crippen LogP contribution in [0.25, 0.3) is 0 Å². The molecule has 0 spiro atoms. The van der Waals surface area contributed by atoms with Gasteiger partial charge in [-0.15, -0.1) is 0 Å². The maximum absolute atomic E-state index is 11.3. The smallest absolute Gasteiger partial charge is 0.139 e. The van der Waals surface area contributed by atoms with Gasteiger partial charge in [0.15, 0.2) is 0 Å². The fourth-order valence-electron chi connectivity index (χ4n) is 2.60. The molecule has 2 fully saturated rings. The van der Waals surface area contributed by atoms with E-state index >= 15 is 0 Å². The summed E-state index contributed by atoms with van der Waals surface area (Å²) >= 11 is 0. The Bertz CT molecular complexity index is 185. The number of hydrogen-bond acceptors (Lipinski definition) is 1. The van der Waals surface area contributed by atoms with Crippen LogP contribution in [0.1, 0.15) is 45.4 Å². The minimum Gasteiger partial charge on any atom is -0.299 e.